The van der Waals surface area contributed by atoms with Crippen molar-refractivity contribution in [3.05, 3.63) is 30.3 Å². The molecular weight excluding hydrogens is 314 g/mol. The van der Waals surface area contributed by atoms with Gasteiger partial charge in [0.1, 0.15) is 0 Å². The highest BCUT2D eigenvalue weighted by molar-refractivity contribution is 14.1. The Labute approximate surface area is 111 Å². The van der Waals surface area contributed by atoms with Crippen LogP contribution >= 0.6 is 22.6 Å². The lowest BCUT2D eigenvalue weighted by Crippen LogP contribution is -2.46. The molecule has 0 aliphatic carbocycles. The van der Waals surface area contributed by atoms with Crippen LogP contribution in [0.1, 0.15) is 20.8 Å². The zero-order valence-corrected chi connectivity index (χ0v) is 12.0. The second kappa shape index (κ2) is 4.31. The maximum absolute atomic E-state index is 6.07. The molecule has 1 saturated heterocycles. The molecule has 0 bridgehead atoms. The number of hydrogen-bond acceptors (Lipinski definition) is 2. The average Bonchev–Trinajstić information content (AvgIpc) is 2.52. The van der Waals surface area contributed by atoms with E-state index < -0.39 is 0 Å². The number of rotatable bonds is 2. The number of alkyl halides is 1. The largest absolute Gasteiger partial charge is 0.494 e. The summed E-state index contributed by atoms with van der Waals surface area (Å²) in [7, 11) is -0.240. The van der Waals surface area contributed by atoms with Gasteiger partial charge in [0.25, 0.3) is 0 Å². The molecule has 0 radical (unpaired) electrons. The Hall–Kier alpha value is -0.0651. The van der Waals surface area contributed by atoms with Crippen LogP contribution in [0.3, 0.4) is 0 Å². The van der Waals surface area contributed by atoms with E-state index in [9.17, 15) is 0 Å². The standard InChI is InChI=1S/C12H16BIO2/c1-11(2)12(3,9-14)16-13(15-11)10-7-5-4-6-8-10/h4-8H,9H2,1-3H3. The highest BCUT2D eigenvalue weighted by Gasteiger charge is 2.53. The Balaban J connectivity index is 2.25. The maximum Gasteiger partial charge on any atom is 0.494 e. The van der Waals surface area contributed by atoms with E-state index in [-0.39, 0.29) is 18.3 Å². The average molecular weight is 330 g/mol. The van der Waals surface area contributed by atoms with E-state index in [0.717, 1.165) is 9.89 Å². The minimum atomic E-state index is -0.255. The summed E-state index contributed by atoms with van der Waals surface area (Å²) in [5, 5.41) is 0. The van der Waals surface area contributed by atoms with E-state index in [4.69, 9.17) is 9.31 Å². The van der Waals surface area contributed by atoms with Gasteiger partial charge in [-0.2, -0.15) is 0 Å². The monoisotopic (exact) mass is 330 g/mol. The first-order valence-corrected chi connectivity index (χ1v) is 6.98. The quantitative estimate of drug-likeness (QED) is 0.471. The molecule has 1 aliphatic heterocycles. The van der Waals surface area contributed by atoms with Crippen LogP contribution in [0.5, 0.6) is 0 Å². The molecule has 1 aromatic rings. The third-order valence-electron chi connectivity index (χ3n) is 3.37. The fourth-order valence-electron chi connectivity index (χ4n) is 1.73. The Morgan fingerprint density at radius 2 is 1.75 bits per heavy atom. The van der Waals surface area contributed by atoms with Gasteiger partial charge in [-0.3, -0.25) is 0 Å². The summed E-state index contributed by atoms with van der Waals surface area (Å²) < 4.78 is 13.0. The van der Waals surface area contributed by atoms with Crippen LogP contribution in [0, 0.1) is 0 Å². The molecule has 1 atom stereocenters. The zero-order valence-electron chi connectivity index (χ0n) is 9.87. The van der Waals surface area contributed by atoms with E-state index in [1.807, 2.05) is 30.3 Å². The van der Waals surface area contributed by atoms with E-state index >= 15 is 0 Å². The van der Waals surface area contributed by atoms with Gasteiger partial charge in [0.15, 0.2) is 0 Å². The van der Waals surface area contributed by atoms with Gasteiger partial charge in [-0.25, -0.2) is 0 Å². The minimum Gasteiger partial charge on any atom is -0.399 e. The molecule has 1 aromatic carbocycles. The fraction of sp³-hybridized carbons (Fsp3) is 0.500. The van der Waals surface area contributed by atoms with Crippen LogP contribution in [0.4, 0.5) is 0 Å². The van der Waals surface area contributed by atoms with Crippen LogP contribution in [0.25, 0.3) is 0 Å². The van der Waals surface area contributed by atoms with Crippen molar-refractivity contribution in [2.75, 3.05) is 4.43 Å². The molecule has 0 spiro atoms. The smallest absolute Gasteiger partial charge is 0.399 e. The second-order valence-electron chi connectivity index (χ2n) is 4.85. The molecule has 1 aliphatic rings. The minimum absolute atomic E-state index is 0.228. The normalized spacial score (nSPS) is 28.4. The van der Waals surface area contributed by atoms with Crippen LogP contribution in [-0.4, -0.2) is 22.7 Å². The third kappa shape index (κ3) is 2.02. The first kappa shape index (κ1) is 12.4. The first-order chi connectivity index (χ1) is 7.48. The molecule has 1 heterocycles. The summed E-state index contributed by atoms with van der Waals surface area (Å²) in [6, 6.07) is 10.1. The van der Waals surface area contributed by atoms with Gasteiger partial charge in [-0.1, -0.05) is 52.9 Å². The summed E-state index contributed by atoms with van der Waals surface area (Å²) in [6.45, 7) is 6.30. The Morgan fingerprint density at radius 1 is 1.12 bits per heavy atom. The summed E-state index contributed by atoms with van der Waals surface area (Å²) in [5.74, 6) is 0. The number of hydrogen-bond donors (Lipinski definition) is 0. The van der Waals surface area contributed by atoms with Gasteiger partial charge in [0.2, 0.25) is 0 Å². The van der Waals surface area contributed by atoms with Gasteiger partial charge in [-0.15, -0.1) is 0 Å². The Bertz CT molecular complexity index is 369. The molecule has 0 saturated carbocycles. The highest BCUT2D eigenvalue weighted by Crippen LogP contribution is 2.38. The van der Waals surface area contributed by atoms with Crippen molar-refractivity contribution in [1.82, 2.24) is 0 Å². The lowest BCUT2D eigenvalue weighted by atomic mass is 9.79. The second-order valence-corrected chi connectivity index (χ2v) is 5.62. The van der Waals surface area contributed by atoms with Gasteiger partial charge >= 0.3 is 7.12 Å². The molecule has 0 N–H and O–H groups in total. The molecule has 0 aromatic heterocycles. The molecule has 4 heteroatoms. The predicted molar refractivity (Wildman–Crippen MR) is 75.4 cm³/mol. The van der Waals surface area contributed by atoms with Crippen molar-refractivity contribution < 1.29 is 9.31 Å². The highest BCUT2D eigenvalue weighted by atomic mass is 127. The molecule has 86 valence electrons. The van der Waals surface area contributed by atoms with Crippen molar-refractivity contribution in [2.45, 2.75) is 32.0 Å². The zero-order chi connectivity index (χ0) is 11.8. The SMILES string of the molecule is CC1(C)OB(c2ccccc2)OC1(C)CI. The summed E-state index contributed by atoms with van der Waals surface area (Å²) >= 11 is 2.36. The number of benzene rings is 1. The number of halogens is 1. The van der Waals surface area contributed by atoms with Crippen LogP contribution in [-0.2, 0) is 9.31 Å². The molecule has 0 amide bonds. The molecule has 16 heavy (non-hydrogen) atoms. The van der Waals surface area contributed by atoms with Gasteiger partial charge in [0.05, 0.1) is 11.2 Å². The van der Waals surface area contributed by atoms with Crippen molar-refractivity contribution in [2.24, 2.45) is 0 Å². The van der Waals surface area contributed by atoms with Crippen LogP contribution in [0.15, 0.2) is 30.3 Å². The Kier molecular flexibility index (Phi) is 3.34. The first-order valence-electron chi connectivity index (χ1n) is 5.45. The van der Waals surface area contributed by atoms with Crippen molar-refractivity contribution in [3.63, 3.8) is 0 Å². The molecule has 2 rings (SSSR count). The lowest BCUT2D eigenvalue weighted by molar-refractivity contribution is 0.0119. The Morgan fingerprint density at radius 3 is 2.25 bits per heavy atom. The van der Waals surface area contributed by atoms with Crippen molar-refractivity contribution >= 4 is 35.2 Å². The topological polar surface area (TPSA) is 18.5 Å². The summed E-state index contributed by atoms with van der Waals surface area (Å²) in [5.41, 5.74) is 0.604. The van der Waals surface area contributed by atoms with E-state index in [1.165, 1.54) is 0 Å². The van der Waals surface area contributed by atoms with Gasteiger partial charge < -0.3 is 9.31 Å². The lowest BCUT2D eigenvalue weighted by Gasteiger charge is -2.34. The van der Waals surface area contributed by atoms with Gasteiger partial charge in [0, 0.05) is 4.43 Å². The van der Waals surface area contributed by atoms with Crippen molar-refractivity contribution in [3.8, 4) is 0 Å². The summed E-state index contributed by atoms with van der Waals surface area (Å²) in [6.07, 6.45) is 0. The summed E-state index contributed by atoms with van der Waals surface area (Å²) in [4.78, 5) is 0. The molecular formula is C12H16BIO2. The van der Waals surface area contributed by atoms with Gasteiger partial charge in [-0.05, 0) is 26.2 Å². The van der Waals surface area contributed by atoms with Crippen LogP contribution < -0.4 is 5.46 Å². The van der Waals surface area contributed by atoms with E-state index in [1.54, 1.807) is 0 Å². The molecule has 2 nitrogen and oxygen atoms in total. The molecule has 1 fully saturated rings. The maximum atomic E-state index is 6.07. The van der Waals surface area contributed by atoms with Crippen molar-refractivity contribution in [1.29, 1.82) is 0 Å². The third-order valence-corrected chi connectivity index (χ3v) is 4.82. The predicted octanol–water partition coefficient (Wildman–Crippen LogP) is 2.40. The van der Waals surface area contributed by atoms with E-state index in [0.29, 0.717) is 0 Å². The van der Waals surface area contributed by atoms with E-state index in [2.05, 4.69) is 43.4 Å². The molecule has 1 unspecified atom stereocenters. The fourth-order valence-corrected chi connectivity index (χ4v) is 2.83. The van der Waals surface area contributed by atoms with Crippen LogP contribution in [0.2, 0.25) is 0 Å².